The van der Waals surface area contributed by atoms with Crippen LogP contribution in [0, 0.1) is 0 Å². The van der Waals surface area contributed by atoms with Crippen LogP contribution in [-0.2, 0) is 0 Å². The molecule has 0 bridgehead atoms. The highest BCUT2D eigenvalue weighted by atomic mass is 16.3. The highest BCUT2D eigenvalue weighted by molar-refractivity contribution is 6.21. The lowest BCUT2D eigenvalue weighted by atomic mass is 9.84. The number of phenolic OH excluding ortho intramolecular Hbond substituents is 1. The average Bonchev–Trinajstić information content (AvgIpc) is 3.28. The Kier molecular flexibility index (Phi) is 17.8. The van der Waals surface area contributed by atoms with Crippen molar-refractivity contribution in [2.24, 2.45) is 0 Å². The van der Waals surface area contributed by atoms with E-state index in [0.29, 0.717) is 0 Å². The minimum absolute atomic E-state index is 0.247. The Hall–Kier alpha value is -5.92. The minimum Gasteiger partial charge on any atom is -0.508 e. The van der Waals surface area contributed by atoms with Gasteiger partial charge in [-0.15, -0.1) is 0 Å². The number of hydrogen-bond donors (Lipinski definition) is 1. The molecular formula is C56H62O. The number of rotatable bonds is 6. The summed E-state index contributed by atoms with van der Waals surface area (Å²) in [5.74, 6) is 0.247. The van der Waals surface area contributed by atoms with Crippen LogP contribution in [0.1, 0.15) is 81.1 Å². The van der Waals surface area contributed by atoms with Crippen molar-refractivity contribution in [1.82, 2.24) is 0 Å². The van der Waals surface area contributed by atoms with Crippen LogP contribution in [0.15, 0.2) is 176 Å². The highest BCUT2D eigenvalue weighted by Gasteiger charge is 2.18. The highest BCUT2D eigenvalue weighted by Crippen LogP contribution is 2.46. The second kappa shape index (κ2) is 23.2. The van der Waals surface area contributed by atoms with Crippen LogP contribution in [0.4, 0.5) is 0 Å². The second-order valence-corrected chi connectivity index (χ2v) is 13.9. The SMILES string of the molecule is CC.CCC.CCC.CCCC.Oc1cc(-c2cccc(-c3ccc(-c4ccccc4)cc3)c2)cc(-c2c(-c3ccccc3)c3ccccc3c3ccccc23)c1. The summed E-state index contributed by atoms with van der Waals surface area (Å²) in [7, 11) is 0. The molecule has 0 atom stereocenters. The van der Waals surface area contributed by atoms with Gasteiger partial charge in [0.15, 0.2) is 0 Å². The van der Waals surface area contributed by atoms with E-state index in [2.05, 4.69) is 199 Å². The summed E-state index contributed by atoms with van der Waals surface area (Å²) in [5.41, 5.74) is 11.2. The number of unbranched alkanes of at least 4 members (excludes halogenated alkanes) is 1. The van der Waals surface area contributed by atoms with Crippen LogP contribution in [0.25, 0.3) is 77.2 Å². The van der Waals surface area contributed by atoms with Crippen molar-refractivity contribution in [3.05, 3.63) is 176 Å². The third kappa shape index (κ3) is 11.3. The zero-order valence-electron chi connectivity index (χ0n) is 35.5. The Morgan fingerprint density at radius 3 is 1.09 bits per heavy atom. The van der Waals surface area contributed by atoms with Gasteiger partial charge in [0.25, 0.3) is 0 Å². The number of aromatic hydroxyl groups is 1. The van der Waals surface area contributed by atoms with Gasteiger partial charge in [-0.05, 0) is 101 Å². The van der Waals surface area contributed by atoms with Gasteiger partial charge >= 0.3 is 0 Å². The van der Waals surface area contributed by atoms with Gasteiger partial charge in [0.2, 0.25) is 0 Å². The monoisotopic (exact) mass is 750 g/mol. The van der Waals surface area contributed by atoms with Crippen LogP contribution in [0.5, 0.6) is 5.75 Å². The van der Waals surface area contributed by atoms with Crippen molar-refractivity contribution in [2.45, 2.75) is 81.1 Å². The zero-order valence-corrected chi connectivity index (χ0v) is 35.5. The third-order valence-corrected chi connectivity index (χ3v) is 9.22. The molecule has 57 heavy (non-hydrogen) atoms. The predicted molar refractivity (Wildman–Crippen MR) is 254 cm³/mol. The summed E-state index contributed by atoms with van der Waals surface area (Å²) < 4.78 is 0. The molecule has 0 aliphatic heterocycles. The van der Waals surface area contributed by atoms with Crippen LogP contribution < -0.4 is 0 Å². The van der Waals surface area contributed by atoms with Gasteiger partial charge in [-0.3, -0.25) is 0 Å². The topological polar surface area (TPSA) is 20.2 Å². The lowest BCUT2D eigenvalue weighted by Crippen LogP contribution is -1.92. The molecule has 8 aromatic rings. The lowest BCUT2D eigenvalue weighted by Gasteiger charge is -2.19. The Balaban J connectivity index is 0.000000538. The fourth-order valence-electron chi connectivity index (χ4n) is 6.63. The first-order valence-corrected chi connectivity index (χ1v) is 21.1. The first kappa shape index (κ1) is 43.8. The fourth-order valence-corrected chi connectivity index (χ4v) is 6.63. The molecule has 0 saturated heterocycles. The third-order valence-electron chi connectivity index (χ3n) is 9.22. The standard InChI is InChI=1S/C44H30O.C4H10.2C3H8.C2H6/c45-38-28-36(35-17-11-16-34(26-35)32-24-22-31(23-25-32)30-12-3-1-4-13-30)27-37(29-38)44-42-21-10-8-19-40(42)39-18-7-9-20-41(39)43(44)33-14-5-2-6-15-33;1-3-4-2;2*1-3-2;1-2/h1-29,45H;3-4H2,1-2H3;2*3H2,1-2H3;1-2H3. The Morgan fingerprint density at radius 2 is 0.614 bits per heavy atom. The fraction of sp³-hybridized carbons (Fsp3) is 0.214. The van der Waals surface area contributed by atoms with E-state index in [9.17, 15) is 5.11 Å². The van der Waals surface area contributed by atoms with Gasteiger partial charge in [-0.1, -0.05) is 233 Å². The van der Waals surface area contributed by atoms with E-state index >= 15 is 0 Å². The maximum absolute atomic E-state index is 11.2. The summed E-state index contributed by atoms with van der Waals surface area (Å²) >= 11 is 0. The summed E-state index contributed by atoms with van der Waals surface area (Å²) in [6.07, 6.45) is 5.14. The van der Waals surface area contributed by atoms with E-state index in [-0.39, 0.29) is 5.75 Å². The second-order valence-electron chi connectivity index (χ2n) is 13.9. The number of benzene rings is 8. The summed E-state index contributed by atoms with van der Waals surface area (Å²) in [6.45, 7) is 16.9. The Bertz CT molecular complexity index is 2370. The average molecular weight is 751 g/mol. The molecule has 8 aromatic carbocycles. The number of fused-ring (bicyclic) bond motifs is 3. The summed E-state index contributed by atoms with van der Waals surface area (Å²) in [6, 6.07) is 61.6. The van der Waals surface area contributed by atoms with Crippen molar-refractivity contribution in [3.8, 4) is 61.4 Å². The van der Waals surface area contributed by atoms with Crippen molar-refractivity contribution in [3.63, 3.8) is 0 Å². The Labute approximate surface area is 343 Å². The molecule has 0 heterocycles. The maximum Gasteiger partial charge on any atom is 0.116 e. The van der Waals surface area contributed by atoms with Gasteiger partial charge in [-0.2, -0.15) is 0 Å². The van der Waals surface area contributed by atoms with E-state index in [0.717, 1.165) is 38.9 Å². The molecular weight excluding hydrogens is 689 g/mol. The van der Waals surface area contributed by atoms with Gasteiger partial charge in [-0.25, -0.2) is 0 Å². The number of phenols is 1. The Morgan fingerprint density at radius 1 is 0.298 bits per heavy atom. The molecule has 0 saturated carbocycles. The molecule has 0 amide bonds. The van der Waals surface area contributed by atoms with E-state index in [1.165, 1.54) is 63.9 Å². The minimum atomic E-state index is 0.247. The van der Waals surface area contributed by atoms with E-state index < -0.39 is 0 Å². The zero-order chi connectivity index (χ0) is 41.0. The van der Waals surface area contributed by atoms with Crippen LogP contribution in [0.2, 0.25) is 0 Å². The molecule has 292 valence electrons. The van der Waals surface area contributed by atoms with E-state index in [1.807, 2.05) is 32.0 Å². The summed E-state index contributed by atoms with van der Waals surface area (Å²) in [5, 5.41) is 16.0. The van der Waals surface area contributed by atoms with E-state index in [1.54, 1.807) is 0 Å². The van der Waals surface area contributed by atoms with Crippen molar-refractivity contribution in [1.29, 1.82) is 0 Å². The molecule has 0 aliphatic carbocycles. The van der Waals surface area contributed by atoms with Crippen molar-refractivity contribution >= 4 is 21.5 Å². The predicted octanol–water partition coefficient (Wildman–Crippen LogP) is 17.7. The molecule has 1 nitrogen and oxygen atoms in total. The molecule has 0 spiro atoms. The lowest BCUT2D eigenvalue weighted by molar-refractivity contribution is 0.476. The van der Waals surface area contributed by atoms with Gasteiger partial charge in [0.1, 0.15) is 5.75 Å². The molecule has 1 heteroatoms. The molecule has 0 unspecified atom stereocenters. The van der Waals surface area contributed by atoms with Gasteiger partial charge in [0.05, 0.1) is 0 Å². The van der Waals surface area contributed by atoms with Crippen LogP contribution in [0.3, 0.4) is 0 Å². The molecule has 0 radical (unpaired) electrons. The largest absolute Gasteiger partial charge is 0.508 e. The normalized spacial score (nSPS) is 10.1. The molecule has 8 rings (SSSR count). The molecule has 0 fully saturated rings. The first-order chi connectivity index (χ1) is 28.0. The van der Waals surface area contributed by atoms with Crippen molar-refractivity contribution in [2.75, 3.05) is 0 Å². The smallest absolute Gasteiger partial charge is 0.116 e. The van der Waals surface area contributed by atoms with Crippen LogP contribution >= 0.6 is 0 Å². The molecule has 0 aliphatic rings. The van der Waals surface area contributed by atoms with E-state index in [4.69, 9.17) is 0 Å². The maximum atomic E-state index is 11.2. The molecule has 1 N–H and O–H groups in total. The van der Waals surface area contributed by atoms with Gasteiger partial charge < -0.3 is 5.11 Å². The van der Waals surface area contributed by atoms with Gasteiger partial charge in [0, 0.05) is 0 Å². The summed E-state index contributed by atoms with van der Waals surface area (Å²) in [4.78, 5) is 0. The number of hydrogen-bond acceptors (Lipinski definition) is 1. The van der Waals surface area contributed by atoms with Crippen LogP contribution in [-0.4, -0.2) is 5.11 Å². The quantitative estimate of drug-likeness (QED) is 0.168. The van der Waals surface area contributed by atoms with Crippen molar-refractivity contribution < 1.29 is 5.11 Å². The first-order valence-electron chi connectivity index (χ1n) is 21.1. The molecule has 0 aromatic heterocycles.